The maximum atomic E-state index is 9.60. The third-order valence-corrected chi connectivity index (χ3v) is 1.67. The molecule has 1 saturated heterocycles. The lowest BCUT2D eigenvalue weighted by Gasteiger charge is -2.16. The van der Waals surface area contributed by atoms with Gasteiger partial charge in [0.15, 0.2) is 0 Å². The molecular weight excluding hydrogens is 182 g/mol. The van der Waals surface area contributed by atoms with Gasteiger partial charge in [0.1, 0.15) is 5.60 Å². The van der Waals surface area contributed by atoms with E-state index in [0.29, 0.717) is 6.47 Å². The molecule has 0 aromatic rings. The fourth-order valence-corrected chi connectivity index (χ4v) is 0.978. The minimum atomic E-state index is -0.318. The van der Waals surface area contributed by atoms with E-state index in [9.17, 15) is 4.79 Å². The first-order valence-electron chi connectivity index (χ1n) is 4.96. The second-order valence-electron chi connectivity index (χ2n) is 4.33. The molecule has 0 spiro atoms. The number of aliphatic hydroxyl groups excluding tert-OH is 1. The average Bonchev–Trinajstić information content (AvgIpc) is 2.04. The Morgan fingerprint density at radius 3 is 2.29 bits per heavy atom. The molecule has 1 aliphatic rings. The molecule has 1 fully saturated rings. The van der Waals surface area contributed by atoms with E-state index in [1.54, 1.807) is 0 Å². The zero-order valence-electron chi connectivity index (χ0n) is 9.25. The predicted molar refractivity (Wildman–Crippen MR) is 55.0 cm³/mol. The van der Waals surface area contributed by atoms with Gasteiger partial charge < -0.3 is 15.2 Å². The van der Waals surface area contributed by atoms with E-state index >= 15 is 0 Å². The van der Waals surface area contributed by atoms with Crippen LogP contribution in [0.3, 0.4) is 0 Å². The highest BCUT2D eigenvalue weighted by molar-refractivity contribution is 5.37. The number of β-amino-alcohol motifs (C(OH)–C–C–N with tert-alkyl or cyclic N) is 1. The van der Waals surface area contributed by atoms with E-state index in [4.69, 9.17) is 5.11 Å². The van der Waals surface area contributed by atoms with Gasteiger partial charge in [-0.3, -0.25) is 4.79 Å². The Balaban J connectivity index is 0.000000241. The number of carbonyl (C=O) groups is 1. The number of hydrogen-bond donors (Lipinski definition) is 2. The van der Waals surface area contributed by atoms with E-state index in [2.05, 4.69) is 10.1 Å². The lowest BCUT2D eigenvalue weighted by atomic mass is 10.1. The van der Waals surface area contributed by atoms with Crippen LogP contribution in [0.5, 0.6) is 0 Å². The van der Waals surface area contributed by atoms with Crippen LogP contribution in [0.1, 0.15) is 33.6 Å². The van der Waals surface area contributed by atoms with Gasteiger partial charge in [-0.05, 0) is 40.2 Å². The lowest BCUT2D eigenvalue weighted by molar-refractivity contribution is -0.138. The second kappa shape index (κ2) is 6.79. The summed E-state index contributed by atoms with van der Waals surface area (Å²) in [6, 6.07) is 0. The van der Waals surface area contributed by atoms with Gasteiger partial charge in [0.25, 0.3) is 6.47 Å². The number of hydrogen-bond acceptors (Lipinski definition) is 4. The van der Waals surface area contributed by atoms with E-state index in [-0.39, 0.29) is 11.7 Å². The van der Waals surface area contributed by atoms with Crippen LogP contribution in [0.25, 0.3) is 0 Å². The summed E-state index contributed by atoms with van der Waals surface area (Å²) >= 11 is 0. The third-order valence-electron chi connectivity index (χ3n) is 1.67. The Hall–Kier alpha value is -0.610. The molecule has 1 aliphatic heterocycles. The van der Waals surface area contributed by atoms with Gasteiger partial charge in [-0.25, -0.2) is 0 Å². The van der Waals surface area contributed by atoms with E-state index < -0.39 is 0 Å². The second-order valence-corrected chi connectivity index (χ2v) is 4.33. The first-order chi connectivity index (χ1) is 6.45. The Labute approximate surface area is 85.6 Å². The van der Waals surface area contributed by atoms with E-state index in [0.717, 1.165) is 25.9 Å². The standard InChI is InChI=1S/C5H11NO.C5H10O2/c7-5-2-1-3-6-4-5;1-5(2,3)7-4-6/h5-7H,1-4H2;4H,1-3H3/t5-;/m0./s1. The molecule has 0 saturated carbocycles. The van der Waals surface area contributed by atoms with E-state index in [1.807, 2.05) is 20.8 Å². The molecule has 1 atom stereocenters. The first kappa shape index (κ1) is 13.4. The lowest BCUT2D eigenvalue weighted by Crippen LogP contribution is -2.33. The van der Waals surface area contributed by atoms with Gasteiger partial charge in [-0.15, -0.1) is 0 Å². The van der Waals surface area contributed by atoms with Crippen molar-refractivity contribution < 1.29 is 14.6 Å². The molecule has 84 valence electrons. The molecular formula is C10H21NO3. The summed E-state index contributed by atoms with van der Waals surface area (Å²) in [7, 11) is 0. The van der Waals surface area contributed by atoms with Crippen LogP contribution in [0.4, 0.5) is 0 Å². The number of piperidine rings is 1. The van der Waals surface area contributed by atoms with Crippen LogP contribution < -0.4 is 5.32 Å². The first-order valence-corrected chi connectivity index (χ1v) is 4.96. The molecule has 1 heterocycles. The van der Waals surface area contributed by atoms with E-state index in [1.165, 1.54) is 0 Å². The summed E-state index contributed by atoms with van der Waals surface area (Å²) in [5, 5.41) is 11.9. The summed E-state index contributed by atoms with van der Waals surface area (Å²) in [4.78, 5) is 9.60. The monoisotopic (exact) mass is 203 g/mol. The minimum absolute atomic E-state index is 0.0752. The van der Waals surface area contributed by atoms with Crippen molar-refractivity contribution in [1.82, 2.24) is 5.32 Å². The van der Waals surface area contributed by atoms with Gasteiger partial charge in [0.2, 0.25) is 0 Å². The largest absolute Gasteiger partial charge is 0.462 e. The van der Waals surface area contributed by atoms with Gasteiger partial charge in [0, 0.05) is 6.54 Å². The molecule has 4 nitrogen and oxygen atoms in total. The molecule has 0 aromatic carbocycles. The van der Waals surface area contributed by atoms with Crippen molar-refractivity contribution >= 4 is 6.47 Å². The topological polar surface area (TPSA) is 58.6 Å². The molecule has 0 aromatic heterocycles. The smallest absolute Gasteiger partial charge is 0.293 e. The fraction of sp³-hybridized carbons (Fsp3) is 0.900. The minimum Gasteiger partial charge on any atom is -0.462 e. The molecule has 1 rings (SSSR count). The Kier molecular flexibility index (Phi) is 6.49. The maximum Gasteiger partial charge on any atom is 0.293 e. The molecule has 14 heavy (non-hydrogen) atoms. The number of ether oxygens (including phenoxy) is 1. The van der Waals surface area contributed by atoms with Crippen LogP contribution in [0, 0.1) is 0 Å². The molecule has 0 bridgehead atoms. The van der Waals surface area contributed by atoms with Crippen molar-refractivity contribution in [2.45, 2.75) is 45.3 Å². The zero-order valence-corrected chi connectivity index (χ0v) is 9.25. The molecule has 0 unspecified atom stereocenters. The van der Waals surface area contributed by atoms with Crippen LogP contribution in [0.2, 0.25) is 0 Å². The Bertz CT molecular complexity index is 148. The highest BCUT2D eigenvalue weighted by Gasteiger charge is 2.07. The van der Waals surface area contributed by atoms with Crippen LogP contribution >= 0.6 is 0 Å². The van der Waals surface area contributed by atoms with Crippen molar-refractivity contribution in [3.8, 4) is 0 Å². The molecule has 0 amide bonds. The summed E-state index contributed by atoms with van der Waals surface area (Å²) in [6.07, 6.45) is 2.03. The third kappa shape index (κ3) is 9.48. The molecule has 0 radical (unpaired) electrons. The number of aliphatic hydroxyl groups is 1. The highest BCUT2D eigenvalue weighted by atomic mass is 16.5. The fourth-order valence-electron chi connectivity index (χ4n) is 0.978. The average molecular weight is 203 g/mol. The summed E-state index contributed by atoms with van der Waals surface area (Å²) < 4.78 is 4.55. The van der Waals surface area contributed by atoms with Crippen LogP contribution in [-0.2, 0) is 9.53 Å². The molecule has 0 aliphatic carbocycles. The summed E-state index contributed by atoms with van der Waals surface area (Å²) in [5.41, 5.74) is -0.318. The van der Waals surface area contributed by atoms with Crippen molar-refractivity contribution in [3.63, 3.8) is 0 Å². The number of rotatable bonds is 1. The predicted octanol–water partition coefficient (Wildman–Crippen LogP) is 0.689. The number of nitrogens with one attached hydrogen (secondary N) is 1. The van der Waals surface area contributed by atoms with Gasteiger partial charge in [-0.2, -0.15) is 0 Å². The quantitative estimate of drug-likeness (QED) is 0.616. The normalized spacial score (nSPS) is 21.9. The Morgan fingerprint density at radius 1 is 1.50 bits per heavy atom. The van der Waals surface area contributed by atoms with Crippen molar-refractivity contribution in [3.05, 3.63) is 0 Å². The number of carbonyl (C=O) groups excluding carboxylic acids is 1. The van der Waals surface area contributed by atoms with Crippen molar-refractivity contribution in [2.75, 3.05) is 13.1 Å². The van der Waals surface area contributed by atoms with Crippen LogP contribution in [0.15, 0.2) is 0 Å². The molecule has 2 N–H and O–H groups in total. The summed E-state index contributed by atoms with van der Waals surface area (Å²) in [5.74, 6) is 0. The van der Waals surface area contributed by atoms with Gasteiger partial charge in [-0.1, -0.05) is 0 Å². The highest BCUT2D eigenvalue weighted by Crippen LogP contribution is 2.02. The Morgan fingerprint density at radius 2 is 2.14 bits per heavy atom. The SMILES string of the molecule is CC(C)(C)OC=O.O[C@H]1CCCNC1. The van der Waals surface area contributed by atoms with Crippen LogP contribution in [-0.4, -0.2) is 36.4 Å². The summed E-state index contributed by atoms with van der Waals surface area (Å²) in [6.45, 7) is 7.79. The maximum absolute atomic E-state index is 9.60. The molecule has 4 heteroatoms. The van der Waals surface area contributed by atoms with Gasteiger partial charge in [0.05, 0.1) is 6.10 Å². The van der Waals surface area contributed by atoms with Crippen molar-refractivity contribution in [1.29, 1.82) is 0 Å². The van der Waals surface area contributed by atoms with Crippen molar-refractivity contribution in [2.24, 2.45) is 0 Å². The van der Waals surface area contributed by atoms with Gasteiger partial charge >= 0.3 is 0 Å². The zero-order chi connectivity index (χ0) is 11.0.